The third-order valence-corrected chi connectivity index (χ3v) is 1.90. The van der Waals surface area contributed by atoms with Crippen molar-refractivity contribution in [2.24, 2.45) is 5.10 Å². The molecule has 0 aromatic heterocycles. The molecule has 0 radical (unpaired) electrons. The summed E-state index contributed by atoms with van der Waals surface area (Å²) in [5, 5.41) is 31.0. The first-order valence-corrected chi connectivity index (χ1v) is 4.58. The third-order valence-electron chi connectivity index (χ3n) is 1.90. The van der Waals surface area contributed by atoms with Gasteiger partial charge < -0.3 is 4.74 Å². The highest BCUT2D eigenvalue weighted by atomic mass is 16.6. The van der Waals surface area contributed by atoms with Crippen LogP contribution in [0.1, 0.15) is 0 Å². The molecular formula is C10H7N5O3. The molecule has 0 fully saturated rings. The second kappa shape index (κ2) is 5.82. The van der Waals surface area contributed by atoms with E-state index in [2.05, 4.69) is 10.5 Å². The number of nitro groups is 1. The van der Waals surface area contributed by atoms with E-state index in [0.717, 1.165) is 0 Å². The van der Waals surface area contributed by atoms with Crippen molar-refractivity contribution in [2.75, 3.05) is 12.5 Å². The van der Waals surface area contributed by atoms with E-state index < -0.39 is 4.92 Å². The fourth-order valence-electron chi connectivity index (χ4n) is 1.08. The molecule has 0 spiro atoms. The molecule has 0 bridgehead atoms. The van der Waals surface area contributed by atoms with Crippen molar-refractivity contribution in [3.63, 3.8) is 0 Å². The average molecular weight is 245 g/mol. The molecule has 0 saturated heterocycles. The predicted octanol–water partition coefficient (Wildman–Crippen LogP) is 1.42. The minimum absolute atomic E-state index is 0.137. The summed E-state index contributed by atoms with van der Waals surface area (Å²) in [6, 6.07) is 6.95. The predicted molar refractivity (Wildman–Crippen MR) is 61.9 cm³/mol. The van der Waals surface area contributed by atoms with Gasteiger partial charge in [-0.25, -0.2) is 0 Å². The van der Waals surface area contributed by atoms with E-state index in [0.29, 0.717) is 5.69 Å². The second-order valence-electron chi connectivity index (χ2n) is 2.94. The van der Waals surface area contributed by atoms with Crippen LogP contribution in [0.15, 0.2) is 23.3 Å². The highest BCUT2D eigenvalue weighted by Gasteiger charge is 2.11. The molecule has 0 atom stereocenters. The van der Waals surface area contributed by atoms with Crippen molar-refractivity contribution in [3.05, 3.63) is 28.3 Å². The summed E-state index contributed by atoms with van der Waals surface area (Å²) in [4.78, 5) is 9.99. The van der Waals surface area contributed by atoms with Crippen LogP contribution in [-0.2, 0) is 0 Å². The van der Waals surface area contributed by atoms with E-state index in [1.54, 1.807) is 12.1 Å². The Morgan fingerprint density at radius 2 is 2.17 bits per heavy atom. The Labute approximate surface area is 102 Å². The average Bonchev–Trinajstić information content (AvgIpc) is 2.39. The van der Waals surface area contributed by atoms with Crippen LogP contribution in [0.2, 0.25) is 0 Å². The maximum absolute atomic E-state index is 10.6. The lowest BCUT2D eigenvalue weighted by Gasteiger charge is -2.06. The number of nitriles is 2. The van der Waals surface area contributed by atoms with Gasteiger partial charge in [-0.1, -0.05) is 0 Å². The molecule has 0 saturated carbocycles. The first-order valence-electron chi connectivity index (χ1n) is 4.58. The molecule has 0 amide bonds. The number of nitrogens with zero attached hydrogens (tertiary/aromatic N) is 4. The molecule has 0 unspecified atom stereocenters. The molecule has 1 aromatic rings. The molecule has 1 N–H and O–H groups in total. The fourth-order valence-corrected chi connectivity index (χ4v) is 1.08. The quantitative estimate of drug-likeness (QED) is 0.485. The number of methoxy groups -OCH3 is 1. The zero-order chi connectivity index (χ0) is 13.5. The molecule has 8 heteroatoms. The fraction of sp³-hybridized carbons (Fsp3) is 0.100. The number of benzene rings is 1. The molecule has 0 aliphatic rings. The highest BCUT2D eigenvalue weighted by Crippen LogP contribution is 2.28. The van der Waals surface area contributed by atoms with Crippen LogP contribution in [0.3, 0.4) is 0 Å². The van der Waals surface area contributed by atoms with Crippen LogP contribution < -0.4 is 10.2 Å². The number of rotatable bonds is 4. The van der Waals surface area contributed by atoms with Crippen molar-refractivity contribution < 1.29 is 9.66 Å². The van der Waals surface area contributed by atoms with Crippen molar-refractivity contribution in [2.45, 2.75) is 0 Å². The van der Waals surface area contributed by atoms with Gasteiger partial charge in [-0.3, -0.25) is 15.5 Å². The summed E-state index contributed by atoms with van der Waals surface area (Å²) in [5.74, 6) is 0.183. The van der Waals surface area contributed by atoms with E-state index in [1.165, 1.54) is 25.3 Å². The largest absolute Gasteiger partial charge is 0.494 e. The number of hydrogen-bond acceptors (Lipinski definition) is 7. The molecule has 0 aliphatic carbocycles. The summed E-state index contributed by atoms with van der Waals surface area (Å²) < 4.78 is 4.93. The monoisotopic (exact) mass is 245 g/mol. The van der Waals surface area contributed by atoms with Crippen LogP contribution in [0.5, 0.6) is 5.75 Å². The SMILES string of the molecule is COc1cc([N+](=O)[O-])ccc1NN=C(C#N)C#N. The van der Waals surface area contributed by atoms with E-state index in [-0.39, 0.29) is 17.1 Å². The number of ether oxygens (including phenoxy) is 1. The normalized spacial score (nSPS) is 8.61. The van der Waals surface area contributed by atoms with Gasteiger partial charge in [-0.15, -0.1) is 0 Å². The zero-order valence-electron chi connectivity index (χ0n) is 9.25. The summed E-state index contributed by atoms with van der Waals surface area (Å²) >= 11 is 0. The maximum atomic E-state index is 10.6. The lowest BCUT2D eigenvalue weighted by molar-refractivity contribution is -0.384. The van der Waals surface area contributed by atoms with Crippen LogP contribution in [-0.4, -0.2) is 17.7 Å². The van der Waals surface area contributed by atoms with E-state index in [4.69, 9.17) is 15.3 Å². The molecular weight excluding hydrogens is 238 g/mol. The van der Waals surface area contributed by atoms with Crippen LogP contribution in [0.4, 0.5) is 11.4 Å². The number of anilines is 1. The van der Waals surface area contributed by atoms with Crippen molar-refractivity contribution in [1.82, 2.24) is 0 Å². The maximum Gasteiger partial charge on any atom is 0.273 e. The Morgan fingerprint density at radius 3 is 2.67 bits per heavy atom. The van der Waals surface area contributed by atoms with Gasteiger partial charge in [0.05, 0.1) is 23.8 Å². The zero-order valence-corrected chi connectivity index (χ0v) is 9.25. The van der Waals surface area contributed by atoms with Crippen LogP contribution in [0, 0.1) is 32.8 Å². The Balaban J connectivity index is 3.05. The van der Waals surface area contributed by atoms with Gasteiger partial charge in [-0.2, -0.15) is 15.6 Å². The Bertz CT molecular complexity index is 566. The summed E-state index contributed by atoms with van der Waals surface area (Å²) in [6.07, 6.45) is 0. The molecule has 1 rings (SSSR count). The number of hydrazone groups is 1. The summed E-state index contributed by atoms with van der Waals surface area (Å²) in [5.41, 5.74) is 2.24. The molecule has 0 aliphatic heterocycles. The smallest absolute Gasteiger partial charge is 0.273 e. The molecule has 18 heavy (non-hydrogen) atoms. The highest BCUT2D eigenvalue weighted by molar-refractivity contribution is 6.10. The lowest BCUT2D eigenvalue weighted by Crippen LogP contribution is -1.99. The van der Waals surface area contributed by atoms with E-state index in [9.17, 15) is 10.1 Å². The first-order chi connectivity index (χ1) is 8.62. The minimum atomic E-state index is -0.564. The van der Waals surface area contributed by atoms with E-state index in [1.807, 2.05) is 0 Å². The number of non-ortho nitro benzene ring substituents is 1. The van der Waals surface area contributed by atoms with Crippen molar-refractivity contribution in [3.8, 4) is 17.9 Å². The first kappa shape index (κ1) is 12.9. The van der Waals surface area contributed by atoms with Gasteiger partial charge in [0.2, 0.25) is 5.71 Å². The lowest BCUT2D eigenvalue weighted by atomic mass is 10.2. The van der Waals surface area contributed by atoms with Gasteiger partial charge in [-0.05, 0) is 6.07 Å². The standard InChI is InChI=1S/C10H7N5O3/c1-18-10-4-8(15(16)17)2-3-9(10)14-13-7(5-11)6-12/h2-4,14H,1H3. The number of hydrogen-bond donors (Lipinski definition) is 1. The summed E-state index contributed by atoms with van der Waals surface area (Å²) in [6.45, 7) is 0. The van der Waals surface area contributed by atoms with Gasteiger partial charge in [0, 0.05) is 6.07 Å². The van der Waals surface area contributed by atoms with Gasteiger partial charge >= 0.3 is 0 Å². The van der Waals surface area contributed by atoms with Crippen molar-refractivity contribution in [1.29, 1.82) is 10.5 Å². The van der Waals surface area contributed by atoms with E-state index >= 15 is 0 Å². The van der Waals surface area contributed by atoms with Crippen LogP contribution in [0.25, 0.3) is 0 Å². The molecule has 90 valence electrons. The Kier molecular flexibility index (Phi) is 4.18. The topological polar surface area (TPSA) is 124 Å². The Hall–Kier alpha value is -3.13. The van der Waals surface area contributed by atoms with Crippen molar-refractivity contribution >= 4 is 17.1 Å². The molecule has 1 aromatic carbocycles. The van der Waals surface area contributed by atoms with Gasteiger partial charge in [0.25, 0.3) is 5.69 Å². The second-order valence-corrected chi connectivity index (χ2v) is 2.94. The third kappa shape index (κ3) is 2.93. The Morgan fingerprint density at radius 1 is 1.50 bits per heavy atom. The molecule has 0 heterocycles. The van der Waals surface area contributed by atoms with Gasteiger partial charge in [0.15, 0.2) is 5.75 Å². The summed E-state index contributed by atoms with van der Waals surface area (Å²) in [7, 11) is 1.34. The number of nitrogens with one attached hydrogen (secondary N) is 1. The molecule has 8 nitrogen and oxygen atoms in total. The van der Waals surface area contributed by atoms with Gasteiger partial charge in [0.1, 0.15) is 12.1 Å². The van der Waals surface area contributed by atoms with Crippen LogP contribution >= 0.6 is 0 Å². The minimum Gasteiger partial charge on any atom is -0.494 e. The number of nitro benzene ring substituents is 1.